The van der Waals surface area contributed by atoms with Gasteiger partial charge in [0.15, 0.2) is 0 Å². The first-order valence-electron chi connectivity index (χ1n) is 4.67. The number of alkyl halides is 3. The summed E-state index contributed by atoms with van der Waals surface area (Å²) in [6.45, 7) is -1.85. The fourth-order valence-corrected chi connectivity index (χ4v) is 1.49. The Bertz CT molecular complexity index is 366. The van der Waals surface area contributed by atoms with Crippen LogP contribution in [0.3, 0.4) is 0 Å². The van der Waals surface area contributed by atoms with Gasteiger partial charge in [-0.15, -0.1) is 0 Å². The molecule has 0 aliphatic carbocycles. The molecule has 0 aromatic carbocycles. The van der Waals surface area contributed by atoms with Crippen LogP contribution in [0.4, 0.5) is 24.7 Å². The lowest BCUT2D eigenvalue weighted by Crippen LogP contribution is -2.36. The number of nitrogens with two attached hydrogens (primary N) is 1. The van der Waals surface area contributed by atoms with Crippen LogP contribution in [0, 0.1) is 0 Å². The van der Waals surface area contributed by atoms with Crippen molar-refractivity contribution in [2.24, 2.45) is 0 Å². The Morgan fingerprint density at radius 3 is 2.53 bits per heavy atom. The molecule has 0 saturated carbocycles. The second-order valence-corrected chi connectivity index (χ2v) is 3.73. The van der Waals surface area contributed by atoms with Crippen LogP contribution >= 0.6 is 11.6 Å². The van der Waals surface area contributed by atoms with E-state index >= 15 is 0 Å². The summed E-state index contributed by atoms with van der Waals surface area (Å²) in [4.78, 5) is 4.60. The van der Waals surface area contributed by atoms with Crippen molar-refractivity contribution >= 4 is 23.1 Å². The Labute approximate surface area is 101 Å². The maximum atomic E-state index is 12.3. The van der Waals surface area contributed by atoms with Gasteiger partial charge in [-0.3, -0.25) is 0 Å². The summed E-state index contributed by atoms with van der Waals surface area (Å²) >= 11 is 5.60. The van der Waals surface area contributed by atoms with E-state index in [1.165, 1.54) is 12.1 Å². The largest absolute Gasteiger partial charge is 0.405 e. The summed E-state index contributed by atoms with van der Waals surface area (Å²) in [5.41, 5.74) is 5.68. The number of nitrogens with zero attached hydrogens (tertiary/aromatic N) is 2. The molecule has 1 aromatic heterocycles. The molecule has 1 aromatic rings. The number of rotatable bonds is 4. The fraction of sp³-hybridized carbons (Fsp3) is 0.444. The zero-order valence-corrected chi connectivity index (χ0v) is 9.46. The molecule has 0 fully saturated rings. The zero-order valence-electron chi connectivity index (χ0n) is 8.71. The highest BCUT2D eigenvalue weighted by Gasteiger charge is 2.31. The number of aliphatic hydroxyl groups is 1. The number of halogens is 4. The van der Waals surface area contributed by atoms with Gasteiger partial charge in [-0.1, -0.05) is 11.6 Å². The molecule has 0 saturated heterocycles. The molecule has 0 spiro atoms. The number of hydrogen-bond donors (Lipinski definition) is 2. The molecule has 1 rings (SSSR count). The van der Waals surface area contributed by atoms with E-state index < -0.39 is 19.3 Å². The lowest BCUT2D eigenvalue weighted by Gasteiger charge is -2.24. The van der Waals surface area contributed by atoms with E-state index in [0.717, 1.165) is 4.90 Å². The van der Waals surface area contributed by atoms with E-state index in [1.807, 2.05) is 0 Å². The Hall–Kier alpha value is -1.21. The zero-order chi connectivity index (χ0) is 13.1. The Balaban J connectivity index is 2.96. The number of hydrogen-bond acceptors (Lipinski definition) is 4. The minimum atomic E-state index is -4.39. The Kier molecular flexibility index (Phi) is 4.41. The van der Waals surface area contributed by atoms with Gasteiger partial charge in [-0.25, -0.2) is 4.98 Å². The third-order valence-electron chi connectivity index (χ3n) is 1.87. The number of aromatic nitrogens is 1. The van der Waals surface area contributed by atoms with E-state index in [2.05, 4.69) is 4.98 Å². The van der Waals surface area contributed by atoms with Crippen LogP contribution in [0.5, 0.6) is 0 Å². The van der Waals surface area contributed by atoms with E-state index in [9.17, 15) is 13.2 Å². The molecule has 1 heterocycles. The fourth-order valence-electron chi connectivity index (χ4n) is 1.28. The topological polar surface area (TPSA) is 62.4 Å². The summed E-state index contributed by atoms with van der Waals surface area (Å²) < 4.78 is 36.9. The molecule has 0 amide bonds. The van der Waals surface area contributed by atoms with Crippen LogP contribution in [0.1, 0.15) is 0 Å². The molecule has 96 valence electrons. The highest BCUT2D eigenvalue weighted by atomic mass is 35.5. The van der Waals surface area contributed by atoms with Gasteiger partial charge in [-0.05, 0) is 6.07 Å². The molecular formula is C9H11ClF3N3O. The van der Waals surface area contributed by atoms with Crippen molar-refractivity contribution in [1.29, 1.82) is 0 Å². The molecule has 3 N–H and O–H groups in total. The van der Waals surface area contributed by atoms with Crippen LogP contribution in [-0.2, 0) is 0 Å². The van der Waals surface area contributed by atoms with Crippen molar-refractivity contribution in [3.63, 3.8) is 0 Å². The minimum absolute atomic E-state index is 0.00474. The summed E-state index contributed by atoms with van der Waals surface area (Å²) in [6, 6.07) is 2.60. The number of pyridine rings is 1. The van der Waals surface area contributed by atoms with Crippen LogP contribution in [0.15, 0.2) is 12.1 Å². The van der Waals surface area contributed by atoms with Gasteiger partial charge in [0.2, 0.25) is 0 Å². The van der Waals surface area contributed by atoms with Crippen molar-refractivity contribution < 1.29 is 18.3 Å². The normalized spacial score (nSPS) is 11.6. The van der Waals surface area contributed by atoms with Crippen molar-refractivity contribution in [3.8, 4) is 0 Å². The first-order chi connectivity index (χ1) is 7.81. The smallest absolute Gasteiger partial charge is 0.399 e. The molecule has 0 unspecified atom stereocenters. The van der Waals surface area contributed by atoms with Gasteiger partial charge in [-0.2, -0.15) is 13.2 Å². The van der Waals surface area contributed by atoms with Gasteiger partial charge < -0.3 is 15.7 Å². The van der Waals surface area contributed by atoms with E-state index in [0.29, 0.717) is 0 Å². The van der Waals surface area contributed by atoms with Crippen molar-refractivity contribution in [1.82, 2.24) is 4.98 Å². The molecule has 0 aliphatic rings. The Morgan fingerprint density at radius 1 is 1.41 bits per heavy atom. The average Bonchev–Trinajstić information content (AvgIpc) is 2.13. The van der Waals surface area contributed by atoms with E-state index in [-0.39, 0.29) is 23.2 Å². The van der Waals surface area contributed by atoms with Gasteiger partial charge in [0.25, 0.3) is 0 Å². The SMILES string of the molecule is Nc1cc(Cl)nc(N(CCO)CC(F)(F)F)c1. The van der Waals surface area contributed by atoms with E-state index in [1.54, 1.807) is 0 Å². The minimum Gasteiger partial charge on any atom is -0.399 e. The molecule has 4 nitrogen and oxygen atoms in total. The first-order valence-corrected chi connectivity index (χ1v) is 5.05. The molecule has 0 bridgehead atoms. The number of nitrogen functional groups attached to an aromatic ring is 1. The van der Waals surface area contributed by atoms with Gasteiger partial charge in [0, 0.05) is 18.3 Å². The number of anilines is 2. The van der Waals surface area contributed by atoms with Crippen molar-refractivity contribution in [2.45, 2.75) is 6.18 Å². The second kappa shape index (κ2) is 5.42. The van der Waals surface area contributed by atoms with Crippen molar-refractivity contribution in [3.05, 3.63) is 17.3 Å². The quantitative estimate of drug-likeness (QED) is 0.817. The summed E-state index contributed by atoms with van der Waals surface area (Å²) in [7, 11) is 0. The lowest BCUT2D eigenvalue weighted by atomic mass is 10.3. The molecule has 0 radical (unpaired) electrons. The van der Waals surface area contributed by atoms with Crippen LogP contribution in [-0.4, -0.2) is 36.0 Å². The highest BCUT2D eigenvalue weighted by Crippen LogP contribution is 2.23. The predicted octanol–water partition coefficient (Wildman–Crippen LogP) is 1.68. The number of aliphatic hydroxyl groups excluding tert-OH is 1. The molecule has 0 atom stereocenters. The molecule has 0 aliphatic heterocycles. The highest BCUT2D eigenvalue weighted by molar-refractivity contribution is 6.29. The third kappa shape index (κ3) is 4.66. The lowest BCUT2D eigenvalue weighted by molar-refractivity contribution is -0.120. The summed E-state index contributed by atoms with van der Waals surface area (Å²) in [6.07, 6.45) is -4.39. The van der Waals surface area contributed by atoms with Crippen LogP contribution in [0.2, 0.25) is 5.15 Å². The van der Waals surface area contributed by atoms with E-state index in [4.69, 9.17) is 22.4 Å². The molecule has 8 heteroatoms. The standard InChI is InChI=1S/C9H11ClF3N3O/c10-7-3-6(14)4-8(15-7)16(1-2-17)5-9(11,12)13/h3-4,17H,1-2,5H2,(H2,14,15). The van der Waals surface area contributed by atoms with Gasteiger partial charge in [0.05, 0.1) is 6.61 Å². The van der Waals surface area contributed by atoms with Crippen LogP contribution in [0.25, 0.3) is 0 Å². The summed E-state index contributed by atoms with van der Waals surface area (Å²) in [5.74, 6) is -0.0126. The van der Waals surface area contributed by atoms with Crippen molar-refractivity contribution in [2.75, 3.05) is 30.3 Å². The van der Waals surface area contributed by atoms with Gasteiger partial charge >= 0.3 is 6.18 Å². The van der Waals surface area contributed by atoms with Gasteiger partial charge in [0.1, 0.15) is 17.5 Å². The molecule has 17 heavy (non-hydrogen) atoms. The third-order valence-corrected chi connectivity index (χ3v) is 2.06. The average molecular weight is 270 g/mol. The maximum absolute atomic E-state index is 12.3. The van der Waals surface area contributed by atoms with Crippen LogP contribution < -0.4 is 10.6 Å². The second-order valence-electron chi connectivity index (χ2n) is 3.34. The monoisotopic (exact) mass is 269 g/mol. The first kappa shape index (κ1) is 13.9. The molecular weight excluding hydrogens is 259 g/mol. The summed E-state index contributed by atoms with van der Waals surface area (Å²) in [5, 5.41) is 8.74. The predicted molar refractivity (Wildman–Crippen MR) is 59.0 cm³/mol. The maximum Gasteiger partial charge on any atom is 0.405 e. The Morgan fingerprint density at radius 2 is 2.06 bits per heavy atom.